The topological polar surface area (TPSA) is 35.5 Å². The zero-order chi connectivity index (χ0) is 24.3. The Morgan fingerprint density at radius 3 is 1.14 bits per heavy atom. The van der Waals surface area contributed by atoms with E-state index in [1.165, 1.54) is 101 Å². The quantitative estimate of drug-likeness (QED) is 0.0993. The van der Waals surface area contributed by atoms with Gasteiger partial charge in [-0.05, 0) is 61.1 Å². The third kappa shape index (κ3) is 18.2. The van der Waals surface area contributed by atoms with Crippen molar-refractivity contribution in [2.24, 2.45) is 0 Å². The van der Waals surface area contributed by atoms with Crippen LogP contribution in [0.25, 0.3) is 0 Å². The van der Waals surface area contributed by atoms with Gasteiger partial charge in [-0.2, -0.15) is 0 Å². The first kappa shape index (κ1) is 36.8. The molecule has 0 aliphatic rings. The van der Waals surface area contributed by atoms with Crippen LogP contribution in [0.1, 0.15) is 115 Å². The summed E-state index contributed by atoms with van der Waals surface area (Å²) in [6.07, 6.45) is 20.6. The molecule has 0 N–H and O–H groups in total. The Bertz CT molecular complexity index is 716. The molecule has 3 nitrogen and oxygen atoms in total. The van der Waals surface area contributed by atoms with Gasteiger partial charge >= 0.3 is 8.25 Å². The molecule has 0 fully saturated rings. The molecule has 0 amide bonds. The molecule has 196 valence electrons. The van der Waals surface area contributed by atoms with E-state index < -0.39 is 8.25 Å². The van der Waals surface area contributed by atoms with E-state index >= 15 is 0 Å². The smallest absolute Gasteiger partial charge is 0.222 e. The van der Waals surface area contributed by atoms with Gasteiger partial charge in [0.2, 0.25) is 0 Å². The van der Waals surface area contributed by atoms with Crippen molar-refractivity contribution in [3.8, 4) is 11.5 Å². The van der Waals surface area contributed by atoms with Crippen molar-refractivity contribution in [2.45, 2.75) is 117 Å². The van der Waals surface area contributed by atoms with Gasteiger partial charge in [-0.25, -0.2) is 9.05 Å². The predicted molar refractivity (Wildman–Crippen MR) is 145 cm³/mol. The minimum absolute atomic E-state index is 0. The molecule has 0 saturated carbocycles. The molecule has 0 bridgehead atoms. The molecule has 0 aliphatic carbocycles. The molecule has 2 rings (SSSR count). The minimum atomic E-state index is -2.24. The number of hydrogen-bond acceptors (Lipinski definition) is 3. The normalized spacial score (nSPS) is 10.3. The van der Waals surface area contributed by atoms with Gasteiger partial charge in [0.05, 0.1) is 0 Å². The van der Waals surface area contributed by atoms with Gasteiger partial charge in [-0.3, -0.25) is 0 Å². The third-order valence-corrected chi connectivity index (χ3v) is 7.06. The van der Waals surface area contributed by atoms with E-state index in [1.54, 1.807) is 0 Å². The van der Waals surface area contributed by atoms with Crippen LogP contribution in [0.2, 0.25) is 0 Å². The van der Waals surface area contributed by atoms with Crippen LogP contribution >= 0.6 is 8.25 Å². The molecular weight excluding hydrogens is 728 g/mol. The Labute approximate surface area is 287 Å². The number of aryl methyl sites for hydroxylation is 2. The first-order chi connectivity index (χ1) is 16.7. The molecule has 0 aliphatic heterocycles. The summed E-state index contributed by atoms with van der Waals surface area (Å²) in [4.78, 5) is 0. The van der Waals surface area contributed by atoms with Crippen molar-refractivity contribution in [3.63, 3.8) is 0 Å². The van der Waals surface area contributed by atoms with E-state index in [9.17, 15) is 4.57 Å². The van der Waals surface area contributed by atoms with Crippen LogP contribution in [0.15, 0.2) is 48.5 Å². The standard InChI is InChI=1S/C30H46O3P.2Nd/c1-3-5-7-9-11-13-15-17-27-19-23-29(24-20-27)32-34(31)33-30-25-21-28(22-26-30)18-16-14-12-10-8-6-4-2;;/h19-26H,3-18H2,1-2H3;;/q+1;;. The third-order valence-electron chi connectivity index (χ3n) is 6.34. The minimum Gasteiger partial charge on any atom is -0.222 e. The molecule has 0 saturated heterocycles. The molecule has 0 heterocycles. The zero-order valence-electron chi connectivity index (χ0n) is 22.6. The van der Waals surface area contributed by atoms with Gasteiger partial charge in [0.15, 0.2) is 11.5 Å². The Morgan fingerprint density at radius 1 is 0.500 bits per heavy atom. The van der Waals surface area contributed by atoms with E-state index in [2.05, 4.69) is 38.1 Å². The summed E-state index contributed by atoms with van der Waals surface area (Å²) in [7, 11) is -2.24. The van der Waals surface area contributed by atoms with Crippen LogP contribution in [-0.4, -0.2) is 0 Å². The molecule has 36 heavy (non-hydrogen) atoms. The maximum absolute atomic E-state index is 12.3. The van der Waals surface area contributed by atoms with Crippen molar-refractivity contribution in [1.82, 2.24) is 0 Å². The second kappa shape index (κ2) is 24.9. The van der Waals surface area contributed by atoms with E-state index in [-0.39, 0.29) is 81.7 Å². The molecule has 6 heteroatoms. The summed E-state index contributed by atoms with van der Waals surface area (Å²) in [6.45, 7) is 4.51. The SMILES string of the molecule is CCCCCCCCCc1ccc(O[P+](=O)Oc2ccc(CCCCCCCCC)cc2)cc1.[Nd].[Nd]. The zero-order valence-corrected chi connectivity index (χ0v) is 29.9. The number of benzene rings is 2. The average molecular weight is 774 g/mol. The molecule has 0 unspecified atom stereocenters. The molecule has 0 atom stereocenters. The Kier molecular flexibility index (Phi) is 25.4. The van der Waals surface area contributed by atoms with Crippen LogP contribution in [0.3, 0.4) is 0 Å². The molecule has 0 spiro atoms. The number of unbranched alkanes of at least 4 members (excludes halogenated alkanes) is 12. The summed E-state index contributed by atoms with van der Waals surface area (Å²) in [5.74, 6) is 1.17. The first-order valence-corrected chi connectivity index (χ1v) is 14.8. The summed E-state index contributed by atoms with van der Waals surface area (Å²) in [6, 6.07) is 15.8. The van der Waals surface area contributed by atoms with E-state index in [4.69, 9.17) is 9.05 Å². The van der Waals surface area contributed by atoms with Crippen molar-refractivity contribution < 1.29 is 95.3 Å². The van der Waals surface area contributed by atoms with E-state index in [0.29, 0.717) is 11.5 Å². The molecule has 0 aromatic heterocycles. The van der Waals surface area contributed by atoms with Crippen molar-refractivity contribution >= 4 is 8.25 Å². The van der Waals surface area contributed by atoms with Gasteiger partial charge in [0.25, 0.3) is 0 Å². The van der Waals surface area contributed by atoms with Gasteiger partial charge in [-0.1, -0.05) is 115 Å². The van der Waals surface area contributed by atoms with Crippen LogP contribution in [0, 0.1) is 81.7 Å². The summed E-state index contributed by atoms with van der Waals surface area (Å²) in [5, 5.41) is 0. The fraction of sp³-hybridized carbons (Fsp3) is 0.600. The average Bonchev–Trinajstić information content (AvgIpc) is 2.85. The van der Waals surface area contributed by atoms with Gasteiger partial charge in [0.1, 0.15) is 0 Å². The van der Waals surface area contributed by atoms with Crippen LogP contribution in [0.4, 0.5) is 0 Å². The molecular formula is C30H46Nd2O3P+. The van der Waals surface area contributed by atoms with Crippen molar-refractivity contribution in [1.29, 1.82) is 0 Å². The van der Waals surface area contributed by atoms with E-state index in [1.807, 2.05) is 24.3 Å². The van der Waals surface area contributed by atoms with Gasteiger partial charge in [0, 0.05) is 86.2 Å². The number of hydrogen-bond donors (Lipinski definition) is 0. The molecule has 2 aromatic carbocycles. The molecule has 0 radical (unpaired) electrons. The summed E-state index contributed by atoms with van der Waals surface area (Å²) >= 11 is 0. The first-order valence-electron chi connectivity index (χ1n) is 13.7. The number of rotatable bonds is 20. The summed E-state index contributed by atoms with van der Waals surface area (Å²) in [5.41, 5.74) is 2.60. The van der Waals surface area contributed by atoms with Crippen molar-refractivity contribution in [2.75, 3.05) is 0 Å². The van der Waals surface area contributed by atoms with Crippen LogP contribution in [0.5, 0.6) is 11.5 Å². The van der Waals surface area contributed by atoms with Gasteiger partial charge in [-0.15, -0.1) is 0 Å². The second-order valence-electron chi connectivity index (χ2n) is 9.44. The molecule has 2 aromatic rings. The van der Waals surface area contributed by atoms with E-state index in [0.717, 1.165) is 12.8 Å². The Morgan fingerprint density at radius 2 is 0.806 bits per heavy atom. The predicted octanol–water partition coefficient (Wildman–Crippen LogP) is 10.4. The monoisotopic (exact) mass is 769 g/mol. The largest absolute Gasteiger partial charge is 0.805 e. The Hall–Kier alpha value is 0.841. The van der Waals surface area contributed by atoms with Crippen LogP contribution in [-0.2, 0) is 17.4 Å². The maximum atomic E-state index is 12.3. The van der Waals surface area contributed by atoms with Crippen LogP contribution < -0.4 is 9.05 Å². The second-order valence-corrected chi connectivity index (χ2v) is 10.2. The summed E-state index contributed by atoms with van der Waals surface area (Å²) < 4.78 is 23.3. The fourth-order valence-corrected chi connectivity index (χ4v) is 4.82. The van der Waals surface area contributed by atoms with Gasteiger partial charge < -0.3 is 0 Å². The fourth-order valence-electron chi connectivity index (χ4n) is 4.20. The Balaban J connectivity index is 0.00000612. The maximum Gasteiger partial charge on any atom is 0.805 e. The van der Waals surface area contributed by atoms with Crippen molar-refractivity contribution in [3.05, 3.63) is 59.7 Å².